The van der Waals surface area contributed by atoms with E-state index in [1.54, 1.807) is 0 Å². The van der Waals surface area contributed by atoms with Gasteiger partial charge in [0, 0.05) is 18.0 Å². The van der Waals surface area contributed by atoms with Crippen LogP contribution in [0.2, 0.25) is 0 Å². The lowest BCUT2D eigenvalue weighted by Crippen LogP contribution is -2.20. The lowest BCUT2D eigenvalue weighted by Gasteiger charge is -2.17. The molecule has 1 atom stereocenters. The molecule has 2 aliphatic rings. The Bertz CT molecular complexity index is 955. The molecule has 5 rings (SSSR count). The Morgan fingerprint density at radius 2 is 1.48 bits per heavy atom. The van der Waals surface area contributed by atoms with Crippen LogP contribution in [-0.2, 0) is 0 Å². The minimum atomic E-state index is 0.264. The van der Waals surface area contributed by atoms with Gasteiger partial charge in [-0.15, -0.1) is 0 Å². The van der Waals surface area contributed by atoms with E-state index < -0.39 is 0 Å². The molecule has 1 saturated carbocycles. The van der Waals surface area contributed by atoms with E-state index in [0.717, 1.165) is 31.0 Å². The van der Waals surface area contributed by atoms with Gasteiger partial charge >= 0.3 is 0 Å². The molecule has 0 radical (unpaired) electrons. The Morgan fingerprint density at radius 3 is 2.34 bits per heavy atom. The lowest BCUT2D eigenvalue weighted by molar-refractivity contribution is 0.210. The minimum absolute atomic E-state index is 0.264. The molecule has 2 fully saturated rings. The van der Waals surface area contributed by atoms with Crippen molar-refractivity contribution in [3.63, 3.8) is 0 Å². The van der Waals surface area contributed by atoms with Crippen LogP contribution in [0.5, 0.6) is 11.5 Å². The zero-order valence-electron chi connectivity index (χ0n) is 16.6. The molecule has 1 saturated heterocycles. The third-order valence-corrected chi connectivity index (χ3v) is 6.83. The smallest absolute Gasteiger partial charge is 0.120 e. The van der Waals surface area contributed by atoms with Crippen LogP contribution in [0.3, 0.4) is 0 Å². The van der Waals surface area contributed by atoms with Gasteiger partial charge in [-0.25, -0.2) is 4.31 Å². The molecule has 0 spiro atoms. The maximum atomic E-state index is 6.15. The number of fused-ring (bicyclic) bond motifs is 1. The van der Waals surface area contributed by atoms with E-state index in [4.69, 9.17) is 9.47 Å². The monoisotopic (exact) mass is 405 g/mol. The van der Waals surface area contributed by atoms with Gasteiger partial charge in [0.15, 0.2) is 0 Å². The Balaban J connectivity index is 1.20. The first-order chi connectivity index (χ1) is 14.3. The summed E-state index contributed by atoms with van der Waals surface area (Å²) in [5.74, 6) is 1.97. The van der Waals surface area contributed by atoms with Crippen molar-refractivity contribution in [2.75, 3.05) is 13.1 Å². The second-order valence-electron chi connectivity index (χ2n) is 8.02. The molecular formula is C25H27NO2S. The summed E-state index contributed by atoms with van der Waals surface area (Å²) in [6.07, 6.45) is 6.72. The van der Waals surface area contributed by atoms with Gasteiger partial charge < -0.3 is 9.47 Å². The highest BCUT2D eigenvalue weighted by atomic mass is 32.2. The molecule has 3 aromatic carbocycles. The first kappa shape index (κ1) is 18.8. The largest absolute Gasteiger partial charge is 0.490 e. The summed E-state index contributed by atoms with van der Waals surface area (Å²) >= 11 is 1.83. The number of hydrogen-bond donors (Lipinski definition) is 0. The Hall–Kier alpha value is -2.17. The van der Waals surface area contributed by atoms with Gasteiger partial charge in [0.05, 0.1) is 6.10 Å². The summed E-state index contributed by atoms with van der Waals surface area (Å²) in [5, 5.41) is 2.52. The molecule has 150 valence electrons. The van der Waals surface area contributed by atoms with Crippen LogP contribution in [0.15, 0.2) is 71.6 Å². The topological polar surface area (TPSA) is 21.7 Å². The van der Waals surface area contributed by atoms with Crippen LogP contribution < -0.4 is 9.47 Å². The molecule has 4 heteroatoms. The Morgan fingerprint density at radius 1 is 0.724 bits per heavy atom. The second kappa shape index (κ2) is 8.68. The maximum Gasteiger partial charge on any atom is 0.120 e. The Kier molecular flexibility index (Phi) is 5.64. The van der Waals surface area contributed by atoms with E-state index in [2.05, 4.69) is 40.7 Å². The summed E-state index contributed by atoms with van der Waals surface area (Å²) in [6, 6.07) is 23.3. The van der Waals surface area contributed by atoms with Gasteiger partial charge in [0.1, 0.15) is 17.6 Å². The normalized spacial score (nSPS) is 20.3. The van der Waals surface area contributed by atoms with E-state index in [9.17, 15) is 0 Å². The van der Waals surface area contributed by atoms with E-state index in [1.807, 2.05) is 42.3 Å². The molecule has 0 aromatic heterocycles. The average Bonchev–Trinajstić information content (AvgIpc) is 3.41. The van der Waals surface area contributed by atoms with Gasteiger partial charge in [-0.3, -0.25) is 0 Å². The summed E-state index contributed by atoms with van der Waals surface area (Å²) in [7, 11) is 0. The molecule has 0 N–H and O–H groups in total. The summed E-state index contributed by atoms with van der Waals surface area (Å²) in [4.78, 5) is 1.28. The minimum Gasteiger partial charge on any atom is -0.490 e. The zero-order chi connectivity index (χ0) is 19.5. The Labute approximate surface area is 177 Å². The highest BCUT2D eigenvalue weighted by molar-refractivity contribution is 7.97. The number of benzene rings is 3. The molecule has 0 bridgehead atoms. The van der Waals surface area contributed by atoms with E-state index in [1.165, 1.54) is 41.4 Å². The molecule has 3 aromatic rings. The SMILES string of the molecule is c1ccc(O[C@H]2CCN(Sc3ccc4cc(OC5CCCC5)ccc4c3)C2)cc1. The van der Waals surface area contributed by atoms with Crippen LogP contribution in [0, 0.1) is 0 Å². The van der Waals surface area contributed by atoms with Crippen molar-refractivity contribution in [2.24, 2.45) is 0 Å². The third-order valence-electron chi connectivity index (χ3n) is 5.78. The van der Waals surface area contributed by atoms with Crippen molar-refractivity contribution in [1.29, 1.82) is 0 Å². The van der Waals surface area contributed by atoms with Crippen molar-refractivity contribution in [3.8, 4) is 11.5 Å². The summed E-state index contributed by atoms with van der Waals surface area (Å²) in [6.45, 7) is 2.00. The molecular weight excluding hydrogens is 378 g/mol. The molecule has 1 heterocycles. The number of rotatable bonds is 6. The highest BCUT2D eigenvalue weighted by Crippen LogP contribution is 2.32. The fourth-order valence-corrected chi connectivity index (χ4v) is 5.29. The molecule has 1 aliphatic carbocycles. The predicted octanol–water partition coefficient (Wildman–Crippen LogP) is 6.32. The standard InChI is InChI=1S/C25H27NO2S/c1-2-6-22(7-3-1)28-24-14-15-26(18-24)29-25-13-11-19-16-23(12-10-20(19)17-25)27-21-8-4-5-9-21/h1-3,6-7,10-13,16-17,21,24H,4-5,8-9,14-15,18H2/t24-/m0/s1. The van der Waals surface area contributed by atoms with Gasteiger partial charge in [-0.05, 0) is 91.2 Å². The lowest BCUT2D eigenvalue weighted by atomic mass is 10.1. The van der Waals surface area contributed by atoms with E-state index in [0.29, 0.717) is 6.10 Å². The van der Waals surface area contributed by atoms with Crippen LogP contribution in [0.25, 0.3) is 10.8 Å². The molecule has 3 nitrogen and oxygen atoms in total. The summed E-state index contributed by atoms with van der Waals surface area (Å²) in [5.41, 5.74) is 0. The van der Waals surface area contributed by atoms with Crippen molar-refractivity contribution in [3.05, 3.63) is 66.7 Å². The van der Waals surface area contributed by atoms with Gasteiger partial charge in [-0.1, -0.05) is 30.3 Å². The van der Waals surface area contributed by atoms with E-state index >= 15 is 0 Å². The molecule has 0 amide bonds. The van der Waals surface area contributed by atoms with Crippen molar-refractivity contribution in [1.82, 2.24) is 4.31 Å². The fourth-order valence-electron chi connectivity index (χ4n) is 4.25. The highest BCUT2D eigenvalue weighted by Gasteiger charge is 2.25. The van der Waals surface area contributed by atoms with E-state index in [-0.39, 0.29) is 6.10 Å². The van der Waals surface area contributed by atoms with Crippen LogP contribution in [0.1, 0.15) is 32.1 Å². The van der Waals surface area contributed by atoms with Crippen LogP contribution in [0.4, 0.5) is 0 Å². The molecule has 1 aliphatic heterocycles. The van der Waals surface area contributed by atoms with Crippen molar-refractivity contribution in [2.45, 2.75) is 49.2 Å². The predicted molar refractivity (Wildman–Crippen MR) is 120 cm³/mol. The van der Waals surface area contributed by atoms with Gasteiger partial charge in [0.25, 0.3) is 0 Å². The van der Waals surface area contributed by atoms with Gasteiger partial charge in [-0.2, -0.15) is 0 Å². The number of nitrogens with zero attached hydrogens (tertiary/aromatic N) is 1. The number of hydrogen-bond acceptors (Lipinski definition) is 4. The number of para-hydroxylation sites is 1. The first-order valence-electron chi connectivity index (χ1n) is 10.7. The van der Waals surface area contributed by atoms with Crippen molar-refractivity contribution >= 4 is 22.7 Å². The molecule has 29 heavy (non-hydrogen) atoms. The number of ether oxygens (including phenoxy) is 2. The molecule has 0 unspecified atom stereocenters. The quantitative estimate of drug-likeness (QED) is 0.447. The van der Waals surface area contributed by atoms with Crippen LogP contribution >= 0.6 is 11.9 Å². The van der Waals surface area contributed by atoms with Crippen molar-refractivity contribution < 1.29 is 9.47 Å². The second-order valence-corrected chi connectivity index (χ2v) is 9.19. The van der Waals surface area contributed by atoms with Crippen LogP contribution in [-0.4, -0.2) is 29.6 Å². The third kappa shape index (κ3) is 4.71. The maximum absolute atomic E-state index is 6.15. The zero-order valence-corrected chi connectivity index (χ0v) is 17.4. The first-order valence-corrected chi connectivity index (χ1v) is 11.4. The summed E-state index contributed by atoms with van der Waals surface area (Å²) < 4.78 is 14.7. The van der Waals surface area contributed by atoms with Gasteiger partial charge in [0.2, 0.25) is 0 Å². The average molecular weight is 406 g/mol. The fraction of sp³-hybridized carbons (Fsp3) is 0.360.